The van der Waals surface area contributed by atoms with E-state index in [-0.39, 0.29) is 59.4 Å². The van der Waals surface area contributed by atoms with E-state index in [1.54, 1.807) is 6.08 Å². The summed E-state index contributed by atoms with van der Waals surface area (Å²) in [4.78, 5) is 36.4. The van der Waals surface area contributed by atoms with Gasteiger partial charge in [-0.05, 0) is 36.5 Å². The highest BCUT2D eigenvalue weighted by molar-refractivity contribution is 6.18. The summed E-state index contributed by atoms with van der Waals surface area (Å²) in [6.07, 6.45) is 6.47. The molecule has 1 saturated carbocycles. The van der Waals surface area contributed by atoms with Crippen LogP contribution in [0.4, 0.5) is 0 Å². The summed E-state index contributed by atoms with van der Waals surface area (Å²) in [6.45, 7) is 3.49. The zero-order valence-electron chi connectivity index (χ0n) is 15.7. The third-order valence-electron chi connectivity index (χ3n) is 6.60. The van der Waals surface area contributed by atoms with Gasteiger partial charge in [0, 0.05) is 25.7 Å². The minimum Gasteiger partial charge on any atom is -0.462 e. The van der Waals surface area contributed by atoms with Crippen LogP contribution in [-0.4, -0.2) is 41.1 Å². The van der Waals surface area contributed by atoms with Gasteiger partial charge in [0.25, 0.3) is 0 Å². The van der Waals surface area contributed by atoms with Crippen molar-refractivity contribution in [2.45, 2.75) is 57.8 Å². The van der Waals surface area contributed by atoms with Crippen LogP contribution in [0, 0.1) is 29.6 Å². The van der Waals surface area contributed by atoms with Gasteiger partial charge in [0.05, 0.1) is 11.7 Å². The van der Waals surface area contributed by atoms with E-state index in [2.05, 4.69) is 19.1 Å². The van der Waals surface area contributed by atoms with Crippen LogP contribution in [-0.2, 0) is 23.9 Å². The second-order valence-corrected chi connectivity index (χ2v) is 8.51. The predicted octanol–water partition coefficient (Wildman–Crippen LogP) is 1.96. The van der Waals surface area contributed by atoms with Gasteiger partial charge in [-0.3, -0.25) is 9.59 Å². The minimum atomic E-state index is -0.625. The number of ketones is 1. The van der Waals surface area contributed by atoms with Crippen LogP contribution in [0.1, 0.15) is 39.5 Å². The molecule has 0 aromatic rings. The van der Waals surface area contributed by atoms with Crippen molar-refractivity contribution in [2.75, 3.05) is 0 Å². The number of hydrogen-bond acceptors (Lipinski definition) is 6. The van der Waals surface area contributed by atoms with Gasteiger partial charge in [-0.25, -0.2) is 4.79 Å². The lowest BCUT2D eigenvalue weighted by Gasteiger charge is -2.38. The topological polar surface area (TPSA) is 89.9 Å². The zero-order chi connectivity index (χ0) is 19.3. The smallest absolute Gasteiger partial charge is 0.341 e. The molecule has 0 unspecified atom stereocenters. The number of esters is 2. The number of hydrogen-bond donors (Lipinski definition) is 1. The molecule has 2 aliphatic heterocycles. The maximum Gasteiger partial charge on any atom is 0.341 e. The quantitative estimate of drug-likeness (QED) is 0.429. The average Bonchev–Trinajstić information content (AvgIpc) is 2.87. The molecule has 2 heterocycles. The summed E-state index contributed by atoms with van der Waals surface area (Å²) >= 11 is 0. The van der Waals surface area contributed by atoms with Gasteiger partial charge >= 0.3 is 11.9 Å². The Morgan fingerprint density at radius 1 is 1.19 bits per heavy atom. The summed E-state index contributed by atoms with van der Waals surface area (Å²) in [5.41, 5.74) is 0.148. The second-order valence-electron chi connectivity index (χ2n) is 8.51. The molecule has 0 aromatic heterocycles. The van der Waals surface area contributed by atoms with Crippen molar-refractivity contribution in [2.24, 2.45) is 29.6 Å². The number of carbonyl (C=O) groups is 3. The molecular weight excluding hydrogens is 348 g/mol. The maximum atomic E-state index is 12.5. The van der Waals surface area contributed by atoms with Crippen LogP contribution in [0.3, 0.4) is 0 Å². The van der Waals surface area contributed by atoms with Crippen LogP contribution in [0.25, 0.3) is 0 Å². The molecule has 8 atom stereocenters. The van der Waals surface area contributed by atoms with E-state index >= 15 is 0 Å². The Bertz CT molecular complexity index is 702. The predicted molar refractivity (Wildman–Crippen MR) is 95.3 cm³/mol. The first-order chi connectivity index (χ1) is 12.8. The van der Waals surface area contributed by atoms with Gasteiger partial charge in [-0.1, -0.05) is 25.2 Å². The number of Topliss-reactive ketones (excluding diaryl/α,β-unsaturated/α-hetero) is 1. The Kier molecular flexibility index (Phi) is 4.70. The van der Waals surface area contributed by atoms with E-state index in [1.807, 2.05) is 0 Å². The number of rotatable bonds is 1. The summed E-state index contributed by atoms with van der Waals surface area (Å²) in [5.74, 6) is -0.642. The van der Waals surface area contributed by atoms with E-state index in [0.717, 1.165) is 6.42 Å². The van der Waals surface area contributed by atoms with Crippen molar-refractivity contribution in [3.63, 3.8) is 0 Å². The van der Waals surface area contributed by atoms with E-state index < -0.39 is 18.2 Å². The van der Waals surface area contributed by atoms with Gasteiger partial charge < -0.3 is 14.6 Å². The first kappa shape index (κ1) is 18.4. The minimum absolute atomic E-state index is 0.0528. The largest absolute Gasteiger partial charge is 0.462 e. The molecule has 6 heteroatoms. The van der Waals surface area contributed by atoms with Crippen molar-refractivity contribution in [1.82, 2.24) is 0 Å². The normalized spacial score (nSPS) is 45.4. The van der Waals surface area contributed by atoms with Crippen LogP contribution in [0.15, 0.2) is 23.8 Å². The molecule has 2 bridgehead atoms. The van der Waals surface area contributed by atoms with Crippen molar-refractivity contribution in [3.8, 4) is 0 Å². The molecular formula is C21H26O6. The molecule has 5 rings (SSSR count). The molecule has 0 aromatic carbocycles. The summed E-state index contributed by atoms with van der Waals surface area (Å²) in [7, 11) is 0. The van der Waals surface area contributed by atoms with Crippen molar-refractivity contribution in [1.29, 1.82) is 0 Å². The number of carbonyl (C=O) groups excluding carboxylic acids is 3. The fourth-order valence-corrected chi connectivity index (χ4v) is 5.48. The van der Waals surface area contributed by atoms with E-state index in [1.165, 1.54) is 6.92 Å². The number of aliphatic hydroxyl groups excluding tert-OH is 1. The molecule has 1 saturated heterocycles. The fraction of sp³-hybridized carbons (Fsp3) is 0.667. The number of fused-ring (bicyclic) bond motifs is 5. The lowest BCUT2D eigenvalue weighted by molar-refractivity contribution is -0.153. The van der Waals surface area contributed by atoms with Gasteiger partial charge in [0.2, 0.25) is 0 Å². The summed E-state index contributed by atoms with van der Waals surface area (Å²) in [6, 6.07) is 0. The Morgan fingerprint density at radius 2 is 1.96 bits per heavy atom. The van der Waals surface area contributed by atoms with E-state index in [9.17, 15) is 19.5 Å². The monoisotopic (exact) mass is 374 g/mol. The maximum absolute atomic E-state index is 12.5. The third-order valence-corrected chi connectivity index (χ3v) is 6.60. The van der Waals surface area contributed by atoms with Crippen LogP contribution >= 0.6 is 0 Å². The molecule has 0 amide bonds. The molecule has 6 nitrogen and oxygen atoms in total. The van der Waals surface area contributed by atoms with Gasteiger partial charge in [0.15, 0.2) is 5.78 Å². The van der Waals surface area contributed by atoms with Gasteiger partial charge in [-0.15, -0.1) is 0 Å². The molecule has 1 N–H and O–H groups in total. The Labute approximate surface area is 158 Å². The highest BCUT2D eigenvalue weighted by atomic mass is 16.5. The molecule has 5 aliphatic rings. The molecule has 0 spiro atoms. The van der Waals surface area contributed by atoms with Gasteiger partial charge in [-0.2, -0.15) is 0 Å². The van der Waals surface area contributed by atoms with E-state index in [0.29, 0.717) is 12.8 Å². The molecule has 0 radical (unpaired) electrons. The standard InChI is InChI=1S/C21H26O6/c1-10-5-17-15(20(10)26-11(2)22)4-3-12-6-13(23)7-14-8-19(24)18(9-16(12)17)21(25)27-14/h3-4,9-10,12-17,20,23H,5-8H2,1-2H3/b18-9-/t10-,12-,13+,14+,15+,16+,17-,20-/m0/s1. The average molecular weight is 374 g/mol. The van der Waals surface area contributed by atoms with Crippen LogP contribution < -0.4 is 0 Å². The zero-order valence-corrected chi connectivity index (χ0v) is 15.7. The molecule has 2 fully saturated rings. The Balaban J connectivity index is 1.72. The highest BCUT2D eigenvalue weighted by Gasteiger charge is 2.49. The lowest BCUT2D eigenvalue weighted by atomic mass is 9.68. The number of allylic oxidation sites excluding steroid dienone is 2. The highest BCUT2D eigenvalue weighted by Crippen LogP contribution is 2.50. The van der Waals surface area contributed by atoms with E-state index in [4.69, 9.17) is 9.47 Å². The summed E-state index contributed by atoms with van der Waals surface area (Å²) < 4.78 is 11.0. The Morgan fingerprint density at radius 3 is 2.67 bits per heavy atom. The first-order valence-corrected chi connectivity index (χ1v) is 9.83. The number of ether oxygens (including phenoxy) is 2. The molecule has 3 aliphatic carbocycles. The summed E-state index contributed by atoms with van der Waals surface area (Å²) in [5, 5.41) is 10.5. The van der Waals surface area contributed by atoms with Crippen molar-refractivity contribution >= 4 is 17.7 Å². The number of aliphatic hydroxyl groups is 1. The first-order valence-electron chi connectivity index (χ1n) is 9.83. The SMILES string of the molecule is CC(=O)O[C@@H]1[C@@H]2C=C[C@H]3C[C@@H](O)C[C@@H]4CC(=O)/C(=C/[C@H]3[C@H]2C[C@@H]1C)C(=O)O4. The van der Waals surface area contributed by atoms with Crippen molar-refractivity contribution < 1.29 is 29.0 Å². The Hall–Kier alpha value is -1.95. The molecule has 27 heavy (non-hydrogen) atoms. The van der Waals surface area contributed by atoms with Crippen LogP contribution in [0.2, 0.25) is 0 Å². The second kappa shape index (κ2) is 6.89. The molecule has 146 valence electrons. The fourth-order valence-electron chi connectivity index (χ4n) is 5.48. The third kappa shape index (κ3) is 3.35. The van der Waals surface area contributed by atoms with Crippen LogP contribution in [0.5, 0.6) is 0 Å². The van der Waals surface area contributed by atoms with Crippen molar-refractivity contribution in [3.05, 3.63) is 23.8 Å². The lowest BCUT2D eigenvalue weighted by Crippen LogP contribution is -2.40. The van der Waals surface area contributed by atoms with Gasteiger partial charge in [0.1, 0.15) is 12.2 Å².